The zero-order valence-corrected chi connectivity index (χ0v) is 16.5. The number of nitrogens with zero attached hydrogens (tertiary/aromatic N) is 2. The molecule has 140 valence electrons. The van der Waals surface area contributed by atoms with E-state index in [4.69, 9.17) is 0 Å². The first-order valence-electron chi connectivity index (χ1n) is 9.11. The molecule has 1 unspecified atom stereocenters. The first-order chi connectivity index (χ1) is 12.3. The summed E-state index contributed by atoms with van der Waals surface area (Å²) in [5, 5.41) is 0. The highest BCUT2D eigenvalue weighted by atomic mass is 32.2. The van der Waals surface area contributed by atoms with Gasteiger partial charge in [0, 0.05) is 24.4 Å². The highest BCUT2D eigenvalue weighted by Gasteiger charge is 2.40. The molecule has 0 aliphatic carbocycles. The second-order valence-electron chi connectivity index (χ2n) is 7.98. The second kappa shape index (κ2) is 7.43. The molecule has 1 aromatic carbocycles. The van der Waals surface area contributed by atoms with E-state index in [2.05, 4.69) is 20.8 Å². The summed E-state index contributed by atoms with van der Waals surface area (Å²) in [4.78, 5) is 41.4. The van der Waals surface area contributed by atoms with Crippen molar-refractivity contribution in [3.8, 4) is 0 Å². The number of hydrogen-bond acceptors (Lipinski definition) is 4. The SMILES string of the molecule is CC(C)(C)c1ccc(C(=O)C(=O)N2CSCC2C(=O)N2CCCC2)cc1. The number of carbonyl (C=O) groups excluding carboxylic acids is 3. The molecule has 2 aliphatic heterocycles. The summed E-state index contributed by atoms with van der Waals surface area (Å²) in [5.74, 6) is -0.161. The lowest BCUT2D eigenvalue weighted by atomic mass is 9.86. The van der Waals surface area contributed by atoms with Gasteiger partial charge in [-0.15, -0.1) is 11.8 Å². The van der Waals surface area contributed by atoms with Gasteiger partial charge in [0.15, 0.2) is 0 Å². The second-order valence-corrected chi connectivity index (χ2v) is 8.98. The summed E-state index contributed by atoms with van der Waals surface area (Å²) in [6.07, 6.45) is 2.03. The van der Waals surface area contributed by atoms with Crippen LogP contribution in [0.3, 0.4) is 0 Å². The minimum atomic E-state index is -0.573. The molecule has 5 nitrogen and oxygen atoms in total. The summed E-state index contributed by atoms with van der Waals surface area (Å²) in [6, 6.07) is 6.70. The Bertz CT molecular complexity index is 703. The van der Waals surface area contributed by atoms with Crippen molar-refractivity contribution in [1.29, 1.82) is 0 Å². The van der Waals surface area contributed by atoms with Gasteiger partial charge in [0.25, 0.3) is 5.91 Å². The standard InChI is InChI=1S/C20H26N2O3S/c1-20(2,3)15-8-6-14(7-9-15)17(23)19(25)22-13-26-12-16(22)18(24)21-10-4-5-11-21/h6-9,16H,4-5,10-13H2,1-3H3. The molecule has 1 atom stereocenters. The predicted molar refractivity (Wildman–Crippen MR) is 103 cm³/mol. The zero-order valence-electron chi connectivity index (χ0n) is 15.7. The third-order valence-corrected chi connectivity index (χ3v) is 6.07. The van der Waals surface area contributed by atoms with Gasteiger partial charge < -0.3 is 9.80 Å². The Kier molecular flexibility index (Phi) is 5.42. The Hall–Kier alpha value is -1.82. The number of Topliss-reactive ketones (excluding diaryl/α,β-unsaturated/α-hetero) is 1. The van der Waals surface area contributed by atoms with Crippen LogP contribution in [0.4, 0.5) is 0 Å². The summed E-state index contributed by atoms with van der Waals surface area (Å²) in [7, 11) is 0. The van der Waals surface area contributed by atoms with E-state index >= 15 is 0 Å². The molecule has 2 saturated heterocycles. The van der Waals surface area contributed by atoms with E-state index in [1.165, 1.54) is 16.7 Å². The fraction of sp³-hybridized carbons (Fsp3) is 0.550. The van der Waals surface area contributed by atoms with Gasteiger partial charge in [-0.3, -0.25) is 14.4 Å². The highest BCUT2D eigenvalue weighted by Crippen LogP contribution is 2.26. The van der Waals surface area contributed by atoms with Crippen molar-refractivity contribution in [3.05, 3.63) is 35.4 Å². The number of benzene rings is 1. The average Bonchev–Trinajstić information content (AvgIpc) is 3.30. The minimum absolute atomic E-state index is 0.00950. The van der Waals surface area contributed by atoms with Crippen LogP contribution in [-0.2, 0) is 15.0 Å². The molecular formula is C20H26N2O3S. The molecule has 3 rings (SSSR count). The number of thioether (sulfide) groups is 1. The third-order valence-electron chi connectivity index (χ3n) is 5.05. The van der Waals surface area contributed by atoms with Crippen molar-refractivity contribution in [2.75, 3.05) is 24.7 Å². The van der Waals surface area contributed by atoms with Crippen molar-refractivity contribution in [1.82, 2.24) is 9.80 Å². The fourth-order valence-electron chi connectivity index (χ4n) is 3.37. The zero-order chi connectivity index (χ0) is 18.9. The van der Waals surface area contributed by atoms with E-state index in [1.54, 1.807) is 12.1 Å². The summed E-state index contributed by atoms with van der Waals surface area (Å²) < 4.78 is 0. The van der Waals surface area contributed by atoms with Crippen molar-refractivity contribution in [2.24, 2.45) is 0 Å². The van der Waals surface area contributed by atoms with Crippen LogP contribution in [0.5, 0.6) is 0 Å². The monoisotopic (exact) mass is 374 g/mol. The Labute approximate surface area is 159 Å². The summed E-state index contributed by atoms with van der Waals surface area (Å²) in [5.41, 5.74) is 1.48. The summed E-state index contributed by atoms with van der Waals surface area (Å²) in [6.45, 7) is 7.81. The highest BCUT2D eigenvalue weighted by molar-refractivity contribution is 7.99. The van der Waals surface area contributed by atoms with Crippen LogP contribution in [0, 0.1) is 0 Å². The number of amides is 2. The van der Waals surface area contributed by atoms with Crippen LogP contribution in [0.1, 0.15) is 49.5 Å². The van der Waals surface area contributed by atoms with Crippen LogP contribution < -0.4 is 0 Å². The van der Waals surface area contributed by atoms with E-state index in [0.29, 0.717) is 17.2 Å². The molecule has 2 heterocycles. The fourth-order valence-corrected chi connectivity index (χ4v) is 4.52. The smallest absolute Gasteiger partial charge is 0.296 e. The van der Waals surface area contributed by atoms with Gasteiger partial charge in [-0.05, 0) is 23.8 Å². The molecule has 26 heavy (non-hydrogen) atoms. The Morgan fingerprint density at radius 1 is 1.04 bits per heavy atom. The number of ketones is 1. The molecule has 0 saturated carbocycles. The third kappa shape index (κ3) is 3.80. The topological polar surface area (TPSA) is 57.7 Å². The van der Waals surface area contributed by atoms with Gasteiger partial charge >= 0.3 is 0 Å². The predicted octanol–water partition coefficient (Wildman–Crippen LogP) is 2.69. The van der Waals surface area contributed by atoms with E-state index in [1.807, 2.05) is 17.0 Å². The molecule has 0 spiro atoms. The van der Waals surface area contributed by atoms with E-state index < -0.39 is 17.7 Å². The van der Waals surface area contributed by atoms with Crippen molar-refractivity contribution >= 4 is 29.4 Å². The molecule has 0 radical (unpaired) electrons. The van der Waals surface area contributed by atoms with Crippen molar-refractivity contribution in [2.45, 2.75) is 45.1 Å². The van der Waals surface area contributed by atoms with Gasteiger partial charge in [0.05, 0.1) is 5.88 Å². The van der Waals surface area contributed by atoms with E-state index in [-0.39, 0.29) is 11.3 Å². The maximum Gasteiger partial charge on any atom is 0.296 e. The first-order valence-corrected chi connectivity index (χ1v) is 10.3. The Morgan fingerprint density at radius 2 is 1.65 bits per heavy atom. The number of carbonyl (C=O) groups is 3. The quantitative estimate of drug-likeness (QED) is 0.603. The van der Waals surface area contributed by atoms with Crippen molar-refractivity contribution in [3.63, 3.8) is 0 Å². The maximum absolute atomic E-state index is 12.7. The van der Waals surface area contributed by atoms with Crippen LogP contribution in [0.25, 0.3) is 0 Å². The van der Waals surface area contributed by atoms with Crippen LogP contribution in [-0.4, -0.2) is 58.2 Å². The van der Waals surface area contributed by atoms with E-state index in [0.717, 1.165) is 31.5 Å². The van der Waals surface area contributed by atoms with Crippen LogP contribution in [0.15, 0.2) is 24.3 Å². The maximum atomic E-state index is 12.7. The van der Waals surface area contributed by atoms with Gasteiger partial charge in [-0.1, -0.05) is 45.0 Å². The lowest BCUT2D eigenvalue weighted by Crippen LogP contribution is -2.50. The van der Waals surface area contributed by atoms with Gasteiger partial charge in [0.2, 0.25) is 11.7 Å². The largest absolute Gasteiger partial charge is 0.341 e. The van der Waals surface area contributed by atoms with Crippen molar-refractivity contribution < 1.29 is 14.4 Å². The van der Waals surface area contributed by atoms with E-state index in [9.17, 15) is 14.4 Å². The van der Waals surface area contributed by atoms with Gasteiger partial charge in [-0.25, -0.2) is 0 Å². The lowest BCUT2D eigenvalue weighted by Gasteiger charge is -2.26. The summed E-state index contributed by atoms with van der Waals surface area (Å²) >= 11 is 1.53. The first kappa shape index (κ1) is 19.0. The Morgan fingerprint density at radius 3 is 2.23 bits per heavy atom. The normalized spacial score (nSPS) is 20.5. The molecule has 0 aromatic heterocycles. The minimum Gasteiger partial charge on any atom is -0.341 e. The lowest BCUT2D eigenvalue weighted by molar-refractivity contribution is -0.140. The number of rotatable bonds is 3. The molecular weight excluding hydrogens is 348 g/mol. The molecule has 6 heteroatoms. The number of likely N-dealkylation sites (tertiary alicyclic amines) is 1. The number of hydrogen-bond donors (Lipinski definition) is 0. The van der Waals surface area contributed by atoms with Crippen LogP contribution in [0.2, 0.25) is 0 Å². The molecule has 1 aromatic rings. The Balaban J connectivity index is 1.73. The van der Waals surface area contributed by atoms with Gasteiger partial charge in [0.1, 0.15) is 6.04 Å². The molecule has 0 bridgehead atoms. The average molecular weight is 375 g/mol. The molecule has 2 amide bonds. The molecule has 2 fully saturated rings. The van der Waals surface area contributed by atoms with Gasteiger partial charge in [-0.2, -0.15) is 0 Å². The van der Waals surface area contributed by atoms with Crippen LogP contribution >= 0.6 is 11.8 Å². The molecule has 0 N–H and O–H groups in total. The molecule has 2 aliphatic rings.